The molecule has 1 aliphatic rings. The first kappa shape index (κ1) is 18.8. The van der Waals surface area contributed by atoms with Gasteiger partial charge in [0.2, 0.25) is 5.88 Å². The molecule has 1 atom stereocenters. The Morgan fingerprint density at radius 3 is 2.81 bits per heavy atom. The number of nitrogens with two attached hydrogens (primary N) is 1. The lowest BCUT2D eigenvalue weighted by Gasteiger charge is -2.31. The summed E-state index contributed by atoms with van der Waals surface area (Å²) in [7, 11) is 1.46. The molecule has 0 fully saturated rings. The van der Waals surface area contributed by atoms with Crippen LogP contribution in [0.1, 0.15) is 29.4 Å². The first-order valence-electron chi connectivity index (χ1n) is 7.99. The zero-order chi connectivity index (χ0) is 19.6. The number of nitrogens with one attached hydrogen (secondary N) is 1. The lowest BCUT2D eigenvalue weighted by molar-refractivity contribution is 0.102. The van der Waals surface area contributed by atoms with Crippen LogP contribution in [-0.4, -0.2) is 28.2 Å². The highest BCUT2D eigenvalue weighted by molar-refractivity contribution is 8.17. The summed E-state index contributed by atoms with van der Waals surface area (Å²) in [4.78, 5) is 25.5. The van der Waals surface area contributed by atoms with Crippen molar-refractivity contribution in [3.8, 4) is 5.88 Å². The minimum Gasteiger partial charge on any atom is -0.480 e. The SMILES string of the molecule is C=C1C[C@@](C)(c2cc(NC(=O)c3cnc(OC)cn3)ccc2F)N=C(N)S1. The maximum Gasteiger partial charge on any atom is 0.275 e. The summed E-state index contributed by atoms with van der Waals surface area (Å²) in [6.07, 6.45) is 3.08. The van der Waals surface area contributed by atoms with E-state index in [1.165, 1.54) is 43.4 Å². The van der Waals surface area contributed by atoms with Crippen molar-refractivity contribution in [1.29, 1.82) is 0 Å². The Bertz CT molecular complexity index is 932. The Balaban J connectivity index is 1.88. The number of thioether (sulfide) groups is 1. The van der Waals surface area contributed by atoms with E-state index in [1.54, 1.807) is 13.0 Å². The van der Waals surface area contributed by atoms with Crippen LogP contribution in [0.25, 0.3) is 0 Å². The van der Waals surface area contributed by atoms with Gasteiger partial charge in [-0.15, -0.1) is 0 Å². The van der Waals surface area contributed by atoms with Gasteiger partial charge in [0.1, 0.15) is 11.5 Å². The van der Waals surface area contributed by atoms with Crippen molar-refractivity contribution in [3.63, 3.8) is 0 Å². The van der Waals surface area contributed by atoms with Crippen LogP contribution < -0.4 is 15.8 Å². The Morgan fingerprint density at radius 2 is 2.19 bits per heavy atom. The number of anilines is 1. The van der Waals surface area contributed by atoms with Gasteiger partial charge >= 0.3 is 0 Å². The molecule has 0 unspecified atom stereocenters. The highest BCUT2D eigenvalue weighted by Gasteiger charge is 2.34. The smallest absolute Gasteiger partial charge is 0.275 e. The summed E-state index contributed by atoms with van der Waals surface area (Å²) < 4.78 is 19.4. The number of amidine groups is 1. The first-order valence-corrected chi connectivity index (χ1v) is 8.81. The second-order valence-electron chi connectivity index (χ2n) is 6.13. The third-order valence-electron chi connectivity index (χ3n) is 4.02. The maximum atomic E-state index is 14.5. The van der Waals surface area contributed by atoms with Crippen molar-refractivity contribution in [1.82, 2.24) is 9.97 Å². The number of hydrogen-bond donors (Lipinski definition) is 2. The number of halogens is 1. The zero-order valence-corrected chi connectivity index (χ0v) is 15.6. The molecule has 3 N–H and O–H groups in total. The van der Waals surface area contributed by atoms with E-state index in [-0.39, 0.29) is 5.69 Å². The fraction of sp³-hybridized carbons (Fsp3) is 0.222. The quantitative estimate of drug-likeness (QED) is 0.836. The van der Waals surface area contributed by atoms with Gasteiger partial charge in [-0.1, -0.05) is 18.3 Å². The second-order valence-corrected chi connectivity index (χ2v) is 7.33. The molecule has 1 aromatic heterocycles. The minimum absolute atomic E-state index is 0.109. The highest BCUT2D eigenvalue weighted by Crippen LogP contribution is 2.41. The highest BCUT2D eigenvalue weighted by atomic mass is 32.2. The average Bonchev–Trinajstić information content (AvgIpc) is 2.62. The molecular weight excluding hydrogens is 369 g/mol. The molecule has 1 amide bonds. The zero-order valence-electron chi connectivity index (χ0n) is 14.8. The number of hydrogen-bond acceptors (Lipinski definition) is 7. The molecule has 7 nitrogen and oxygen atoms in total. The van der Waals surface area contributed by atoms with E-state index in [1.807, 2.05) is 0 Å². The summed E-state index contributed by atoms with van der Waals surface area (Å²) in [6.45, 7) is 5.71. The third-order valence-corrected chi connectivity index (χ3v) is 4.76. The van der Waals surface area contributed by atoms with Crippen LogP contribution in [0.3, 0.4) is 0 Å². The van der Waals surface area contributed by atoms with Crippen molar-refractivity contribution < 1.29 is 13.9 Å². The minimum atomic E-state index is -0.892. The molecule has 1 aliphatic heterocycles. The summed E-state index contributed by atoms with van der Waals surface area (Å²) in [6, 6.07) is 4.30. The Kier molecular flexibility index (Phi) is 5.13. The van der Waals surface area contributed by atoms with Crippen molar-refractivity contribution in [3.05, 3.63) is 59.2 Å². The van der Waals surface area contributed by atoms with Crippen LogP contribution in [0, 0.1) is 5.82 Å². The maximum absolute atomic E-state index is 14.5. The number of ether oxygens (including phenoxy) is 1. The van der Waals surface area contributed by atoms with E-state index < -0.39 is 17.3 Å². The van der Waals surface area contributed by atoms with Gasteiger partial charge in [0.25, 0.3) is 5.91 Å². The normalized spacial score (nSPS) is 19.4. The van der Waals surface area contributed by atoms with Crippen LogP contribution in [-0.2, 0) is 5.54 Å². The van der Waals surface area contributed by atoms with Gasteiger partial charge in [0.15, 0.2) is 5.17 Å². The van der Waals surface area contributed by atoms with Crippen LogP contribution in [0.2, 0.25) is 0 Å². The molecule has 2 heterocycles. The molecule has 27 heavy (non-hydrogen) atoms. The van der Waals surface area contributed by atoms with E-state index in [9.17, 15) is 9.18 Å². The van der Waals surface area contributed by atoms with E-state index in [0.29, 0.717) is 28.7 Å². The van der Waals surface area contributed by atoms with Crippen LogP contribution in [0.5, 0.6) is 5.88 Å². The van der Waals surface area contributed by atoms with Crippen molar-refractivity contribution in [2.45, 2.75) is 18.9 Å². The van der Waals surface area contributed by atoms with Crippen molar-refractivity contribution in [2.75, 3.05) is 12.4 Å². The molecule has 140 valence electrons. The molecule has 0 saturated carbocycles. The Hall–Kier alpha value is -2.94. The summed E-state index contributed by atoms with van der Waals surface area (Å²) in [5.41, 5.74) is 5.79. The molecule has 1 aromatic carbocycles. The van der Waals surface area contributed by atoms with Crippen molar-refractivity contribution in [2.24, 2.45) is 10.7 Å². The van der Waals surface area contributed by atoms with Gasteiger partial charge in [0.05, 0.1) is 25.0 Å². The predicted octanol–water partition coefficient (Wildman–Crippen LogP) is 3.06. The largest absolute Gasteiger partial charge is 0.480 e. The van der Waals surface area contributed by atoms with E-state index in [0.717, 1.165) is 4.91 Å². The fourth-order valence-corrected chi connectivity index (χ4v) is 3.67. The fourth-order valence-electron chi connectivity index (χ4n) is 2.78. The van der Waals surface area contributed by atoms with E-state index in [2.05, 4.69) is 26.9 Å². The lowest BCUT2D eigenvalue weighted by atomic mass is 9.88. The number of rotatable bonds is 4. The number of benzene rings is 1. The van der Waals surface area contributed by atoms with Crippen molar-refractivity contribution >= 4 is 28.5 Å². The van der Waals surface area contributed by atoms with Gasteiger partial charge < -0.3 is 15.8 Å². The number of amides is 1. The number of aromatic nitrogens is 2. The number of carbonyl (C=O) groups is 1. The molecule has 0 spiro atoms. The number of carbonyl (C=O) groups excluding carboxylic acids is 1. The van der Waals surface area contributed by atoms with Gasteiger partial charge in [-0.25, -0.2) is 14.4 Å². The van der Waals surface area contributed by atoms with Crippen LogP contribution >= 0.6 is 11.8 Å². The molecule has 0 aliphatic carbocycles. The van der Waals surface area contributed by atoms with Gasteiger partial charge in [-0.3, -0.25) is 9.79 Å². The first-order chi connectivity index (χ1) is 12.8. The van der Waals surface area contributed by atoms with E-state index in [4.69, 9.17) is 10.5 Å². The van der Waals surface area contributed by atoms with Gasteiger partial charge in [-0.05, 0) is 30.0 Å². The number of methoxy groups -OCH3 is 1. The molecule has 0 radical (unpaired) electrons. The molecule has 2 aromatic rings. The van der Waals surface area contributed by atoms with Crippen LogP contribution in [0.4, 0.5) is 10.1 Å². The van der Waals surface area contributed by atoms with Gasteiger partial charge in [0, 0.05) is 17.7 Å². The molecular formula is C18H18FN5O2S. The summed E-state index contributed by atoms with van der Waals surface area (Å²) in [5, 5.41) is 3.02. The number of aliphatic imine (C=N–C) groups is 1. The van der Waals surface area contributed by atoms with E-state index >= 15 is 0 Å². The van der Waals surface area contributed by atoms with Gasteiger partial charge in [-0.2, -0.15) is 0 Å². The van der Waals surface area contributed by atoms with Crippen LogP contribution in [0.15, 0.2) is 47.1 Å². The second kappa shape index (κ2) is 7.36. The Labute approximate surface area is 160 Å². The average molecular weight is 387 g/mol. The molecule has 3 rings (SSSR count). The third kappa shape index (κ3) is 4.08. The molecule has 0 bridgehead atoms. The predicted molar refractivity (Wildman–Crippen MR) is 103 cm³/mol. The molecule has 0 saturated heterocycles. The summed E-state index contributed by atoms with van der Waals surface area (Å²) >= 11 is 1.27. The standard InChI is InChI=1S/C18H18FN5O2S/c1-10-7-18(2,24-17(20)27-10)12-6-11(4-5-13(12)19)23-16(25)14-8-22-15(26-3)9-21-14/h4-6,8-9H,1,7H2,2-3H3,(H2,20,24)(H,23,25)/t18-/m0/s1. The molecule has 9 heteroatoms. The number of nitrogens with zero attached hydrogens (tertiary/aromatic N) is 3. The summed E-state index contributed by atoms with van der Waals surface area (Å²) in [5.74, 6) is -0.607. The topological polar surface area (TPSA) is 102 Å². The lowest BCUT2D eigenvalue weighted by Crippen LogP contribution is -2.29. The monoisotopic (exact) mass is 387 g/mol. The Morgan fingerprint density at radius 1 is 1.41 bits per heavy atom.